The van der Waals surface area contributed by atoms with E-state index in [0.717, 1.165) is 25.4 Å². The average molecular weight is 238 g/mol. The minimum Gasteiger partial charge on any atom is -0.341 e. The highest BCUT2D eigenvalue weighted by Gasteiger charge is 2.39. The molecule has 17 heavy (non-hydrogen) atoms. The number of carbonyl (C=O) groups is 1. The molecule has 0 radical (unpaired) electrons. The third kappa shape index (κ3) is 2.82. The zero-order valence-corrected chi connectivity index (χ0v) is 11.2. The normalized spacial score (nSPS) is 28.4. The van der Waals surface area contributed by atoms with E-state index < -0.39 is 0 Å². The number of carbonyl (C=O) groups excluding carboxylic acids is 1. The number of rotatable bonds is 4. The fourth-order valence-electron chi connectivity index (χ4n) is 3.74. The van der Waals surface area contributed by atoms with E-state index in [-0.39, 0.29) is 11.9 Å². The Morgan fingerprint density at radius 2 is 2.06 bits per heavy atom. The lowest BCUT2D eigenvalue weighted by Gasteiger charge is -2.35. The summed E-state index contributed by atoms with van der Waals surface area (Å²) in [5.41, 5.74) is 6.19. The maximum absolute atomic E-state index is 11.9. The van der Waals surface area contributed by atoms with Crippen LogP contribution >= 0.6 is 0 Å². The van der Waals surface area contributed by atoms with Gasteiger partial charge in [-0.2, -0.15) is 0 Å². The first-order valence-electron chi connectivity index (χ1n) is 7.07. The summed E-state index contributed by atoms with van der Waals surface area (Å²) in [6.07, 6.45) is 7.36. The van der Waals surface area contributed by atoms with Crippen molar-refractivity contribution >= 4 is 5.91 Å². The SMILES string of the molecule is CC(C)CC1(CN2CCC(N)C2=O)CCCC1. The number of likely N-dealkylation sites (tertiary alicyclic amines) is 1. The molecular weight excluding hydrogens is 212 g/mol. The van der Waals surface area contributed by atoms with E-state index in [9.17, 15) is 4.79 Å². The van der Waals surface area contributed by atoms with Gasteiger partial charge in [0.2, 0.25) is 5.91 Å². The number of nitrogens with zero attached hydrogens (tertiary/aromatic N) is 1. The Morgan fingerprint density at radius 1 is 1.41 bits per heavy atom. The molecule has 1 heterocycles. The minimum absolute atomic E-state index is 0.181. The molecule has 2 aliphatic rings. The number of nitrogens with two attached hydrogens (primary N) is 1. The molecule has 1 saturated carbocycles. The summed E-state index contributed by atoms with van der Waals surface area (Å²) in [7, 11) is 0. The summed E-state index contributed by atoms with van der Waals surface area (Å²) in [6.45, 7) is 6.41. The van der Waals surface area contributed by atoms with Gasteiger partial charge in [-0.05, 0) is 37.0 Å². The minimum atomic E-state index is -0.229. The lowest BCUT2D eigenvalue weighted by Crippen LogP contribution is -2.41. The molecule has 1 aliphatic heterocycles. The van der Waals surface area contributed by atoms with Crippen molar-refractivity contribution in [2.24, 2.45) is 17.1 Å². The van der Waals surface area contributed by atoms with E-state index in [1.54, 1.807) is 0 Å². The molecule has 3 nitrogen and oxygen atoms in total. The molecule has 0 spiro atoms. The van der Waals surface area contributed by atoms with Crippen molar-refractivity contribution < 1.29 is 4.79 Å². The van der Waals surface area contributed by atoms with E-state index in [1.807, 2.05) is 4.90 Å². The predicted molar refractivity (Wildman–Crippen MR) is 69.5 cm³/mol. The highest BCUT2D eigenvalue weighted by atomic mass is 16.2. The maximum atomic E-state index is 11.9. The Labute approximate surface area is 105 Å². The van der Waals surface area contributed by atoms with E-state index in [0.29, 0.717) is 5.41 Å². The molecule has 1 unspecified atom stereocenters. The average Bonchev–Trinajstić information content (AvgIpc) is 2.80. The first-order chi connectivity index (χ1) is 8.02. The van der Waals surface area contributed by atoms with Crippen LogP contribution in [0.25, 0.3) is 0 Å². The van der Waals surface area contributed by atoms with Gasteiger partial charge in [-0.15, -0.1) is 0 Å². The first kappa shape index (κ1) is 12.9. The van der Waals surface area contributed by atoms with Gasteiger partial charge in [0.15, 0.2) is 0 Å². The van der Waals surface area contributed by atoms with E-state index >= 15 is 0 Å². The Morgan fingerprint density at radius 3 is 2.53 bits per heavy atom. The standard InChI is InChI=1S/C14H26N2O/c1-11(2)9-14(6-3-4-7-14)10-16-8-5-12(15)13(16)17/h11-12H,3-10,15H2,1-2H3. The van der Waals surface area contributed by atoms with Gasteiger partial charge in [0, 0.05) is 13.1 Å². The summed E-state index contributed by atoms with van der Waals surface area (Å²) in [5.74, 6) is 0.902. The highest BCUT2D eigenvalue weighted by molar-refractivity contribution is 5.83. The van der Waals surface area contributed by atoms with Crippen molar-refractivity contribution in [3.63, 3.8) is 0 Å². The van der Waals surface area contributed by atoms with Gasteiger partial charge in [-0.1, -0.05) is 26.7 Å². The Bertz CT molecular complexity index is 282. The molecule has 0 aromatic heterocycles. The number of hydrogen-bond acceptors (Lipinski definition) is 2. The molecule has 1 atom stereocenters. The van der Waals surface area contributed by atoms with Crippen LogP contribution < -0.4 is 5.73 Å². The molecule has 1 aliphatic carbocycles. The Hall–Kier alpha value is -0.570. The Balaban J connectivity index is 2.00. The number of amides is 1. The summed E-state index contributed by atoms with van der Waals surface area (Å²) >= 11 is 0. The van der Waals surface area contributed by atoms with Crippen molar-refractivity contribution in [3.8, 4) is 0 Å². The fourth-order valence-corrected chi connectivity index (χ4v) is 3.74. The van der Waals surface area contributed by atoms with Crippen LogP contribution in [0.2, 0.25) is 0 Å². The lowest BCUT2D eigenvalue weighted by atomic mass is 9.78. The molecule has 2 fully saturated rings. The highest BCUT2D eigenvalue weighted by Crippen LogP contribution is 2.44. The van der Waals surface area contributed by atoms with Crippen LogP contribution in [0, 0.1) is 11.3 Å². The zero-order valence-electron chi connectivity index (χ0n) is 11.2. The van der Waals surface area contributed by atoms with E-state index in [1.165, 1.54) is 32.1 Å². The molecule has 0 bridgehead atoms. The van der Waals surface area contributed by atoms with Crippen molar-refractivity contribution in [3.05, 3.63) is 0 Å². The molecular formula is C14H26N2O. The van der Waals surface area contributed by atoms with Crippen LogP contribution in [-0.2, 0) is 4.79 Å². The molecule has 3 heteroatoms. The monoisotopic (exact) mass is 238 g/mol. The fraction of sp³-hybridized carbons (Fsp3) is 0.929. The van der Waals surface area contributed by atoms with Crippen LogP contribution in [0.4, 0.5) is 0 Å². The van der Waals surface area contributed by atoms with Gasteiger partial charge < -0.3 is 10.6 Å². The molecule has 0 aromatic rings. The van der Waals surface area contributed by atoms with Gasteiger partial charge in [-0.3, -0.25) is 4.79 Å². The van der Waals surface area contributed by atoms with Crippen molar-refractivity contribution in [1.82, 2.24) is 4.90 Å². The second kappa shape index (κ2) is 4.97. The molecule has 2 N–H and O–H groups in total. The second-order valence-electron chi connectivity index (χ2n) is 6.46. The van der Waals surface area contributed by atoms with E-state index in [2.05, 4.69) is 13.8 Å². The maximum Gasteiger partial charge on any atom is 0.239 e. The third-order valence-electron chi connectivity index (χ3n) is 4.37. The summed E-state index contributed by atoms with van der Waals surface area (Å²) < 4.78 is 0. The third-order valence-corrected chi connectivity index (χ3v) is 4.37. The van der Waals surface area contributed by atoms with Crippen LogP contribution in [-0.4, -0.2) is 29.9 Å². The largest absolute Gasteiger partial charge is 0.341 e. The van der Waals surface area contributed by atoms with Crippen molar-refractivity contribution in [2.45, 2.75) is 58.4 Å². The van der Waals surface area contributed by atoms with Gasteiger partial charge in [-0.25, -0.2) is 0 Å². The lowest BCUT2D eigenvalue weighted by molar-refractivity contribution is -0.130. The van der Waals surface area contributed by atoms with Gasteiger partial charge in [0.25, 0.3) is 0 Å². The van der Waals surface area contributed by atoms with Gasteiger partial charge in [0.1, 0.15) is 0 Å². The molecule has 1 amide bonds. The summed E-state index contributed by atoms with van der Waals surface area (Å²) in [5, 5.41) is 0. The van der Waals surface area contributed by atoms with Crippen LogP contribution in [0.1, 0.15) is 52.4 Å². The van der Waals surface area contributed by atoms with Crippen LogP contribution in [0.5, 0.6) is 0 Å². The molecule has 1 saturated heterocycles. The van der Waals surface area contributed by atoms with Crippen molar-refractivity contribution in [2.75, 3.05) is 13.1 Å². The van der Waals surface area contributed by atoms with Crippen LogP contribution in [0.3, 0.4) is 0 Å². The molecule has 2 rings (SSSR count). The quantitative estimate of drug-likeness (QED) is 0.815. The second-order valence-corrected chi connectivity index (χ2v) is 6.46. The van der Waals surface area contributed by atoms with Crippen molar-refractivity contribution in [1.29, 1.82) is 0 Å². The molecule has 0 aromatic carbocycles. The van der Waals surface area contributed by atoms with Gasteiger partial charge >= 0.3 is 0 Å². The number of hydrogen-bond donors (Lipinski definition) is 1. The zero-order chi connectivity index (χ0) is 12.5. The Kier molecular flexibility index (Phi) is 3.76. The van der Waals surface area contributed by atoms with E-state index in [4.69, 9.17) is 5.73 Å². The molecule has 98 valence electrons. The topological polar surface area (TPSA) is 46.3 Å². The summed E-state index contributed by atoms with van der Waals surface area (Å²) in [4.78, 5) is 13.9. The predicted octanol–water partition coefficient (Wildman–Crippen LogP) is 2.15. The van der Waals surface area contributed by atoms with Gasteiger partial charge in [0.05, 0.1) is 6.04 Å². The van der Waals surface area contributed by atoms with Crippen LogP contribution in [0.15, 0.2) is 0 Å². The summed E-state index contributed by atoms with van der Waals surface area (Å²) in [6, 6.07) is -0.229. The first-order valence-corrected chi connectivity index (χ1v) is 7.07. The smallest absolute Gasteiger partial charge is 0.239 e.